The third kappa shape index (κ3) is 3.67. The van der Waals surface area contributed by atoms with E-state index in [0.717, 1.165) is 36.1 Å². The van der Waals surface area contributed by atoms with Gasteiger partial charge >= 0.3 is 5.97 Å². The third-order valence-corrected chi connectivity index (χ3v) is 6.34. The number of benzene rings is 1. The first-order chi connectivity index (χ1) is 14.0. The van der Waals surface area contributed by atoms with Crippen LogP contribution >= 0.6 is 11.3 Å². The highest BCUT2D eigenvalue weighted by Crippen LogP contribution is 2.33. The zero-order valence-corrected chi connectivity index (χ0v) is 17.1. The van der Waals surface area contributed by atoms with E-state index in [1.807, 2.05) is 0 Å². The summed E-state index contributed by atoms with van der Waals surface area (Å²) in [5.74, 6) is -0.243. The van der Waals surface area contributed by atoms with E-state index < -0.39 is 5.97 Å². The van der Waals surface area contributed by atoms with E-state index in [9.17, 15) is 14.4 Å². The highest BCUT2D eigenvalue weighted by Gasteiger charge is 2.21. The minimum absolute atomic E-state index is 0.114. The number of esters is 1. The van der Waals surface area contributed by atoms with Crippen LogP contribution in [-0.2, 0) is 28.9 Å². The summed E-state index contributed by atoms with van der Waals surface area (Å²) in [4.78, 5) is 43.8. The molecule has 7 nitrogen and oxygen atoms in total. The van der Waals surface area contributed by atoms with E-state index in [4.69, 9.17) is 0 Å². The molecule has 8 heteroatoms. The zero-order chi connectivity index (χ0) is 20.5. The van der Waals surface area contributed by atoms with Crippen LogP contribution in [0.5, 0.6) is 0 Å². The molecule has 0 saturated carbocycles. The monoisotopic (exact) mass is 411 g/mol. The molecule has 29 heavy (non-hydrogen) atoms. The Balaban J connectivity index is 1.58. The number of amides is 1. The number of methoxy groups -OCH3 is 1. The van der Waals surface area contributed by atoms with Crippen molar-refractivity contribution in [2.75, 3.05) is 12.4 Å². The first-order valence-corrected chi connectivity index (χ1v) is 10.3. The number of ether oxygens (including phenoxy) is 1. The van der Waals surface area contributed by atoms with Crippen LogP contribution in [0.25, 0.3) is 10.2 Å². The molecular weight excluding hydrogens is 390 g/mol. The highest BCUT2D eigenvalue weighted by molar-refractivity contribution is 7.18. The van der Waals surface area contributed by atoms with E-state index in [1.165, 1.54) is 16.6 Å². The molecule has 150 valence electrons. The number of aryl methyl sites for hydroxylation is 3. The van der Waals surface area contributed by atoms with Gasteiger partial charge in [0.2, 0.25) is 5.91 Å². The van der Waals surface area contributed by atoms with Crippen LogP contribution in [0, 0.1) is 6.92 Å². The molecule has 0 saturated heterocycles. The zero-order valence-electron chi connectivity index (χ0n) is 16.3. The van der Waals surface area contributed by atoms with Crippen LogP contribution in [0.1, 0.15) is 39.5 Å². The molecule has 1 aliphatic rings. The number of rotatable bonds is 4. The standard InChI is InChI=1S/C21H21N3O4S/c1-12-22-19-18(15-5-3-4-6-16(15)29-19)20(26)24(12)11-17(25)23-14-9-7-13(8-10-14)21(27)28-2/h7-10H,3-6,11H2,1-2H3,(H,23,25). The molecule has 0 radical (unpaired) electrons. The van der Waals surface area contributed by atoms with Crippen molar-refractivity contribution in [2.24, 2.45) is 0 Å². The maximum atomic E-state index is 13.1. The molecule has 4 rings (SSSR count). The van der Waals surface area contributed by atoms with Crippen LogP contribution in [0.4, 0.5) is 5.69 Å². The average Bonchev–Trinajstić information content (AvgIpc) is 3.09. The number of nitrogens with one attached hydrogen (secondary N) is 1. The Labute approximate surface area is 171 Å². The summed E-state index contributed by atoms with van der Waals surface area (Å²) < 4.78 is 6.09. The summed E-state index contributed by atoms with van der Waals surface area (Å²) in [7, 11) is 1.31. The lowest BCUT2D eigenvalue weighted by atomic mass is 9.97. The van der Waals surface area contributed by atoms with E-state index in [1.54, 1.807) is 42.5 Å². The Morgan fingerprint density at radius 2 is 1.93 bits per heavy atom. The molecule has 0 unspecified atom stereocenters. The molecule has 3 aromatic rings. The molecule has 2 aromatic heterocycles. The van der Waals surface area contributed by atoms with Crippen LogP contribution in [0.3, 0.4) is 0 Å². The number of carbonyl (C=O) groups is 2. The van der Waals surface area contributed by atoms with Gasteiger partial charge in [0.25, 0.3) is 5.56 Å². The van der Waals surface area contributed by atoms with Gasteiger partial charge in [0.05, 0.1) is 18.1 Å². The van der Waals surface area contributed by atoms with Gasteiger partial charge in [-0.05, 0) is 62.4 Å². The lowest BCUT2D eigenvalue weighted by Crippen LogP contribution is -2.30. The van der Waals surface area contributed by atoms with E-state index in [2.05, 4.69) is 15.0 Å². The first kappa shape index (κ1) is 19.3. The van der Waals surface area contributed by atoms with Crippen molar-refractivity contribution in [3.63, 3.8) is 0 Å². The van der Waals surface area contributed by atoms with E-state index >= 15 is 0 Å². The Morgan fingerprint density at radius 1 is 1.21 bits per heavy atom. The van der Waals surface area contributed by atoms with Gasteiger partial charge in [-0.3, -0.25) is 14.2 Å². The SMILES string of the molecule is COC(=O)c1ccc(NC(=O)Cn2c(C)nc3sc4c(c3c2=O)CCCC4)cc1. The average molecular weight is 411 g/mol. The third-order valence-electron chi connectivity index (χ3n) is 5.16. The minimum Gasteiger partial charge on any atom is -0.465 e. The molecule has 0 aliphatic heterocycles. The predicted molar refractivity (Wildman–Crippen MR) is 112 cm³/mol. The normalized spacial score (nSPS) is 13.2. The maximum absolute atomic E-state index is 13.1. The smallest absolute Gasteiger partial charge is 0.337 e. The van der Waals surface area contributed by atoms with Crippen molar-refractivity contribution < 1.29 is 14.3 Å². The Bertz CT molecular complexity index is 1160. The van der Waals surface area contributed by atoms with Crippen molar-refractivity contribution in [3.8, 4) is 0 Å². The molecule has 0 fully saturated rings. The number of anilines is 1. The van der Waals surface area contributed by atoms with Gasteiger partial charge in [0, 0.05) is 10.6 Å². The second kappa shape index (κ2) is 7.79. The van der Waals surface area contributed by atoms with Crippen molar-refractivity contribution >= 4 is 39.1 Å². The summed E-state index contributed by atoms with van der Waals surface area (Å²) in [6.45, 7) is 1.63. The first-order valence-electron chi connectivity index (χ1n) is 9.48. The fourth-order valence-corrected chi connectivity index (χ4v) is 4.98. The van der Waals surface area contributed by atoms with Gasteiger partial charge in [-0.2, -0.15) is 0 Å². The molecule has 1 N–H and O–H groups in total. The van der Waals surface area contributed by atoms with Crippen molar-refractivity contribution in [3.05, 3.63) is 56.4 Å². The molecule has 1 aliphatic carbocycles. The van der Waals surface area contributed by atoms with E-state index in [0.29, 0.717) is 22.5 Å². The number of aromatic nitrogens is 2. The molecular formula is C21H21N3O4S. The van der Waals surface area contributed by atoms with Crippen LogP contribution in [0.2, 0.25) is 0 Å². The van der Waals surface area contributed by atoms with Gasteiger partial charge in [-0.25, -0.2) is 9.78 Å². The van der Waals surface area contributed by atoms with Gasteiger partial charge in [0.1, 0.15) is 17.2 Å². The summed E-state index contributed by atoms with van der Waals surface area (Å²) >= 11 is 1.60. The minimum atomic E-state index is -0.441. The quantitative estimate of drug-likeness (QED) is 0.667. The Kier molecular flexibility index (Phi) is 5.19. The fraction of sp³-hybridized carbons (Fsp3) is 0.333. The van der Waals surface area contributed by atoms with Crippen LogP contribution in [0.15, 0.2) is 29.1 Å². The van der Waals surface area contributed by atoms with Crippen molar-refractivity contribution in [1.29, 1.82) is 0 Å². The summed E-state index contributed by atoms with van der Waals surface area (Å²) in [6, 6.07) is 6.39. The lowest BCUT2D eigenvalue weighted by molar-refractivity contribution is -0.116. The highest BCUT2D eigenvalue weighted by atomic mass is 32.1. The topological polar surface area (TPSA) is 90.3 Å². The van der Waals surface area contributed by atoms with Crippen molar-refractivity contribution in [2.45, 2.75) is 39.2 Å². The predicted octanol–water partition coefficient (Wildman–Crippen LogP) is 3.07. The second-order valence-corrected chi connectivity index (χ2v) is 8.14. The number of fused-ring (bicyclic) bond motifs is 3. The van der Waals surface area contributed by atoms with Crippen LogP contribution < -0.4 is 10.9 Å². The summed E-state index contributed by atoms with van der Waals surface area (Å²) in [5.41, 5.74) is 1.90. The van der Waals surface area contributed by atoms with Gasteiger partial charge in [-0.1, -0.05) is 0 Å². The van der Waals surface area contributed by atoms with Gasteiger partial charge < -0.3 is 10.1 Å². The molecule has 0 atom stereocenters. The number of nitrogens with zero attached hydrogens (tertiary/aromatic N) is 2. The Morgan fingerprint density at radius 3 is 2.66 bits per heavy atom. The van der Waals surface area contributed by atoms with Gasteiger partial charge in [-0.15, -0.1) is 11.3 Å². The molecule has 1 amide bonds. The lowest BCUT2D eigenvalue weighted by Gasteiger charge is -2.12. The van der Waals surface area contributed by atoms with Crippen LogP contribution in [-0.4, -0.2) is 28.5 Å². The number of thiophene rings is 1. The van der Waals surface area contributed by atoms with Gasteiger partial charge in [0.15, 0.2) is 0 Å². The fourth-order valence-electron chi connectivity index (χ4n) is 3.68. The summed E-state index contributed by atoms with van der Waals surface area (Å²) in [6.07, 6.45) is 4.11. The Hall–Kier alpha value is -3.00. The number of hydrogen-bond donors (Lipinski definition) is 1. The largest absolute Gasteiger partial charge is 0.465 e. The molecule has 0 spiro atoms. The second-order valence-electron chi connectivity index (χ2n) is 7.06. The molecule has 2 heterocycles. The number of hydrogen-bond acceptors (Lipinski definition) is 6. The maximum Gasteiger partial charge on any atom is 0.337 e. The van der Waals surface area contributed by atoms with E-state index in [-0.39, 0.29) is 18.0 Å². The number of carbonyl (C=O) groups excluding carboxylic acids is 2. The van der Waals surface area contributed by atoms with Crippen molar-refractivity contribution in [1.82, 2.24) is 9.55 Å². The summed E-state index contributed by atoms with van der Waals surface area (Å²) in [5, 5.41) is 3.43. The molecule has 1 aromatic carbocycles. The molecule has 0 bridgehead atoms.